The summed E-state index contributed by atoms with van der Waals surface area (Å²) in [6.07, 6.45) is 1.60. The lowest BCUT2D eigenvalue weighted by molar-refractivity contribution is -0.116. The molecule has 0 unspecified atom stereocenters. The average Bonchev–Trinajstić information content (AvgIpc) is 2.61. The molecular formula is C21H33N3O. The SMILES string of the molecule is CC/C(C)=C(/C)c1cc(NC(=O)CCN2CCN(C)CC2)ccc1C. The van der Waals surface area contributed by atoms with Gasteiger partial charge in [-0.1, -0.05) is 18.6 Å². The number of likely N-dealkylation sites (N-methyl/N-ethyl adjacent to an activating group) is 1. The lowest BCUT2D eigenvalue weighted by atomic mass is 9.96. The van der Waals surface area contributed by atoms with E-state index in [4.69, 9.17) is 0 Å². The van der Waals surface area contributed by atoms with Crippen LogP contribution in [0.1, 0.15) is 44.7 Å². The number of anilines is 1. The number of aryl methyl sites for hydroxylation is 1. The van der Waals surface area contributed by atoms with Crippen molar-refractivity contribution in [2.75, 3.05) is 45.1 Å². The van der Waals surface area contributed by atoms with Gasteiger partial charge in [0, 0.05) is 44.8 Å². The Hall–Kier alpha value is -1.65. The van der Waals surface area contributed by atoms with Gasteiger partial charge in [0.05, 0.1) is 0 Å². The summed E-state index contributed by atoms with van der Waals surface area (Å²) < 4.78 is 0. The van der Waals surface area contributed by atoms with Crippen molar-refractivity contribution in [1.82, 2.24) is 9.80 Å². The van der Waals surface area contributed by atoms with Crippen LogP contribution >= 0.6 is 0 Å². The summed E-state index contributed by atoms with van der Waals surface area (Å²) in [5.74, 6) is 0.0996. The summed E-state index contributed by atoms with van der Waals surface area (Å²) in [4.78, 5) is 17.0. The van der Waals surface area contributed by atoms with Crippen LogP contribution < -0.4 is 5.32 Å². The minimum absolute atomic E-state index is 0.0996. The molecule has 4 nitrogen and oxygen atoms in total. The van der Waals surface area contributed by atoms with Crippen LogP contribution in [-0.2, 0) is 4.79 Å². The number of nitrogens with one attached hydrogen (secondary N) is 1. The number of piperazine rings is 1. The zero-order valence-corrected chi connectivity index (χ0v) is 16.5. The van der Waals surface area contributed by atoms with Crippen LogP contribution in [-0.4, -0.2) is 55.5 Å². The smallest absolute Gasteiger partial charge is 0.225 e. The van der Waals surface area contributed by atoms with E-state index in [-0.39, 0.29) is 5.91 Å². The first kappa shape index (κ1) is 19.7. The van der Waals surface area contributed by atoms with Gasteiger partial charge in [-0.25, -0.2) is 0 Å². The molecule has 1 saturated heterocycles. The molecule has 0 bridgehead atoms. The number of carbonyl (C=O) groups is 1. The maximum absolute atomic E-state index is 12.3. The predicted molar refractivity (Wildman–Crippen MR) is 107 cm³/mol. The van der Waals surface area contributed by atoms with E-state index in [1.54, 1.807) is 0 Å². The Labute approximate surface area is 152 Å². The van der Waals surface area contributed by atoms with Gasteiger partial charge in [-0.05, 0) is 63.1 Å². The molecule has 1 heterocycles. The minimum atomic E-state index is 0.0996. The molecule has 0 atom stereocenters. The van der Waals surface area contributed by atoms with Gasteiger partial charge in [0.2, 0.25) is 5.91 Å². The van der Waals surface area contributed by atoms with E-state index in [2.05, 4.69) is 62.0 Å². The number of allylic oxidation sites excluding steroid dienone is 2. The fourth-order valence-electron chi connectivity index (χ4n) is 3.15. The standard InChI is InChI=1S/C21H33N3O/c1-6-16(2)18(4)20-15-19(8-7-17(20)3)22-21(25)9-10-24-13-11-23(5)12-14-24/h7-8,15H,6,9-14H2,1-5H3,(H,22,25)/b18-16-. The Morgan fingerprint density at radius 2 is 1.84 bits per heavy atom. The molecule has 0 saturated carbocycles. The molecule has 2 rings (SSSR count). The van der Waals surface area contributed by atoms with Crippen molar-refractivity contribution >= 4 is 17.2 Å². The maximum Gasteiger partial charge on any atom is 0.225 e. The van der Waals surface area contributed by atoms with Crippen molar-refractivity contribution < 1.29 is 4.79 Å². The first-order valence-electron chi connectivity index (χ1n) is 9.38. The Balaban J connectivity index is 1.94. The molecule has 0 spiro atoms. The normalized spacial score (nSPS) is 17.3. The molecule has 0 radical (unpaired) electrons. The molecule has 1 aromatic carbocycles. The number of hydrogen-bond acceptors (Lipinski definition) is 3. The molecule has 4 heteroatoms. The van der Waals surface area contributed by atoms with Gasteiger partial charge in [0.25, 0.3) is 0 Å². The summed E-state index contributed by atoms with van der Waals surface area (Å²) in [6.45, 7) is 13.8. The molecule has 25 heavy (non-hydrogen) atoms. The quantitative estimate of drug-likeness (QED) is 0.854. The van der Waals surface area contributed by atoms with E-state index in [9.17, 15) is 4.79 Å². The Bertz CT molecular complexity index is 628. The van der Waals surface area contributed by atoms with E-state index in [1.807, 2.05) is 6.07 Å². The predicted octanol–water partition coefficient (Wildman–Crippen LogP) is 3.77. The third kappa shape index (κ3) is 5.68. The van der Waals surface area contributed by atoms with Gasteiger partial charge in [0.15, 0.2) is 0 Å². The third-order valence-electron chi connectivity index (χ3n) is 5.35. The summed E-state index contributed by atoms with van der Waals surface area (Å²) in [5.41, 5.74) is 6.08. The molecule has 1 aliphatic rings. The molecule has 1 fully saturated rings. The van der Waals surface area contributed by atoms with Crippen LogP contribution in [0.5, 0.6) is 0 Å². The first-order chi connectivity index (χ1) is 11.9. The van der Waals surface area contributed by atoms with Gasteiger partial charge in [0.1, 0.15) is 0 Å². The highest BCUT2D eigenvalue weighted by molar-refractivity contribution is 5.91. The fraction of sp³-hybridized carbons (Fsp3) is 0.571. The van der Waals surface area contributed by atoms with Crippen molar-refractivity contribution in [3.63, 3.8) is 0 Å². The summed E-state index contributed by atoms with van der Waals surface area (Å²) in [7, 11) is 2.15. The average molecular weight is 344 g/mol. The van der Waals surface area contributed by atoms with Crippen LogP contribution in [0.3, 0.4) is 0 Å². The van der Waals surface area contributed by atoms with E-state index in [0.29, 0.717) is 6.42 Å². The largest absolute Gasteiger partial charge is 0.326 e. The Morgan fingerprint density at radius 3 is 2.48 bits per heavy atom. The number of amides is 1. The van der Waals surface area contributed by atoms with Crippen LogP contribution in [0, 0.1) is 6.92 Å². The van der Waals surface area contributed by atoms with Crippen LogP contribution in [0.25, 0.3) is 5.57 Å². The number of hydrogen-bond donors (Lipinski definition) is 1. The number of benzene rings is 1. The van der Waals surface area contributed by atoms with Crippen molar-refractivity contribution in [2.45, 2.75) is 40.5 Å². The number of rotatable bonds is 6. The van der Waals surface area contributed by atoms with E-state index in [1.165, 1.54) is 22.3 Å². The van der Waals surface area contributed by atoms with Crippen LogP contribution in [0.15, 0.2) is 23.8 Å². The lowest BCUT2D eigenvalue weighted by Gasteiger charge is -2.32. The van der Waals surface area contributed by atoms with Crippen molar-refractivity contribution in [1.29, 1.82) is 0 Å². The van der Waals surface area contributed by atoms with Gasteiger partial charge in [-0.2, -0.15) is 0 Å². The highest BCUT2D eigenvalue weighted by Crippen LogP contribution is 2.26. The van der Waals surface area contributed by atoms with Gasteiger partial charge in [-0.3, -0.25) is 4.79 Å². The molecule has 138 valence electrons. The van der Waals surface area contributed by atoms with Gasteiger partial charge < -0.3 is 15.1 Å². The fourth-order valence-corrected chi connectivity index (χ4v) is 3.15. The Kier molecular flexibility index (Phi) is 7.21. The number of carbonyl (C=O) groups excluding carboxylic acids is 1. The number of nitrogens with zero attached hydrogens (tertiary/aromatic N) is 2. The van der Waals surface area contributed by atoms with Gasteiger partial charge >= 0.3 is 0 Å². The van der Waals surface area contributed by atoms with Crippen LogP contribution in [0.2, 0.25) is 0 Å². The summed E-state index contributed by atoms with van der Waals surface area (Å²) in [5, 5.41) is 3.07. The molecule has 1 N–H and O–H groups in total. The first-order valence-corrected chi connectivity index (χ1v) is 9.38. The maximum atomic E-state index is 12.3. The highest BCUT2D eigenvalue weighted by atomic mass is 16.1. The van der Waals surface area contributed by atoms with E-state index >= 15 is 0 Å². The minimum Gasteiger partial charge on any atom is -0.326 e. The Morgan fingerprint density at radius 1 is 1.16 bits per heavy atom. The zero-order chi connectivity index (χ0) is 18.4. The van der Waals surface area contributed by atoms with Crippen molar-refractivity contribution in [3.8, 4) is 0 Å². The second-order valence-corrected chi connectivity index (χ2v) is 7.23. The van der Waals surface area contributed by atoms with E-state index < -0.39 is 0 Å². The summed E-state index contributed by atoms with van der Waals surface area (Å²) >= 11 is 0. The van der Waals surface area contributed by atoms with Gasteiger partial charge in [-0.15, -0.1) is 0 Å². The third-order valence-corrected chi connectivity index (χ3v) is 5.35. The highest BCUT2D eigenvalue weighted by Gasteiger charge is 2.15. The van der Waals surface area contributed by atoms with Crippen molar-refractivity contribution in [3.05, 3.63) is 34.9 Å². The molecular weight excluding hydrogens is 310 g/mol. The van der Waals surface area contributed by atoms with Crippen molar-refractivity contribution in [2.24, 2.45) is 0 Å². The molecule has 1 aromatic rings. The molecule has 0 aromatic heterocycles. The second kappa shape index (κ2) is 9.16. The molecule has 0 aliphatic carbocycles. The lowest BCUT2D eigenvalue weighted by Crippen LogP contribution is -2.45. The second-order valence-electron chi connectivity index (χ2n) is 7.23. The monoisotopic (exact) mass is 343 g/mol. The van der Waals surface area contributed by atoms with E-state index in [0.717, 1.165) is 44.8 Å². The van der Waals surface area contributed by atoms with Crippen LogP contribution in [0.4, 0.5) is 5.69 Å². The molecule has 1 aliphatic heterocycles. The zero-order valence-electron chi connectivity index (χ0n) is 16.5. The summed E-state index contributed by atoms with van der Waals surface area (Å²) in [6, 6.07) is 6.20. The topological polar surface area (TPSA) is 35.6 Å². The molecule has 1 amide bonds.